The summed E-state index contributed by atoms with van der Waals surface area (Å²) < 4.78 is 3.31. The second-order valence-corrected chi connectivity index (χ2v) is 4.89. The van der Waals surface area contributed by atoms with E-state index in [9.17, 15) is 5.11 Å². The molecule has 0 aliphatic rings. The Morgan fingerprint density at radius 1 is 1.38 bits per heavy atom. The Labute approximate surface area is 120 Å². The Balaban J connectivity index is 2.01. The molecule has 0 unspecified atom stereocenters. The Bertz CT molecular complexity index is 778. The number of aliphatic hydroxyl groups excluding tert-OH is 2. The second kappa shape index (κ2) is 5.15. The summed E-state index contributed by atoms with van der Waals surface area (Å²) in [4.78, 5) is 4.10. The largest absolute Gasteiger partial charge is 0.394 e. The molecule has 0 fully saturated rings. The fourth-order valence-electron chi connectivity index (χ4n) is 2.24. The average Bonchev–Trinajstić information content (AvgIpc) is 3.04. The van der Waals surface area contributed by atoms with Gasteiger partial charge in [-0.15, -0.1) is 0 Å². The quantitative estimate of drug-likeness (QED) is 0.610. The smallest absolute Gasteiger partial charge is 0.125 e. The maximum atomic E-state index is 9.44. The SMILES string of the molecule is Cn1nc(-c2cnn(C[C@@H](O)CO)c2)c2cnc(N)cc21. The van der Waals surface area contributed by atoms with Crippen LogP contribution in [0.5, 0.6) is 0 Å². The van der Waals surface area contributed by atoms with Gasteiger partial charge in [0.1, 0.15) is 11.5 Å². The number of aromatic nitrogens is 5. The molecule has 110 valence electrons. The van der Waals surface area contributed by atoms with E-state index < -0.39 is 6.10 Å². The third kappa shape index (κ3) is 2.46. The summed E-state index contributed by atoms with van der Waals surface area (Å²) in [5.74, 6) is 0.443. The molecule has 1 atom stereocenters. The standard InChI is InChI=1S/C13H16N6O2/c1-18-11-2-12(14)15-4-10(11)13(17-18)8-3-16-19(5-8)6-9(21)7-20/h2-5,9,20-21H,6-7H2,1H3,(H2,14,15)/t9-/m1/s1. The van der Waals surface area contributed by atoms with Crippen LogP contribution in [0.2, 0.25) is 0 Å². The molecule has 8 heteroatoms. The lowest BCUT2D eigenvalue weighted by Crippen LogP contribution is -2.19. The number of rotatable bonds is 4. The minimum Gasteiger partial charge on any atom is -0.394 e. The topological polar surface area (TPSA) is 115 Å². The number of aryl methyl sites for hydroxylation is 1. The number of hydrogen-bond acceptors (Lipinski definition) is 6. The molecule has 0 radical (unpaired) electrons. The number of nitrogens with zero attached hydrogens (tertiary/aromatic N) is 5. The van der Waals surface area contributed by atoms with E-state index in [1.54, 1.807) is 34.0 Å². The predicted molar refractivity (Wildman–Crippen MR) is 77.2 cm³/mol. The Morgan fingerprint density at radius 3 is 2.95 bits per heavy atom. The van der Waals surface area contributed by atoms with Crippen molar-refractivity contribution in [1.29, 1.82) is 0 Å². The van der Waals surface area contributed by atoms with Gasteiger partial charge in [0.05, 0.1) is 31.0 Å². The van der Waals surface area contributed by atoms with Gasteiger partial charge >= 0.3 is 0 Å². The first-order chi connectivity index (χ1) is 10.1. The molecule has 0 aromatic carbocycles. The molecule has 0 aliphatic carbocycles. The molecule has 0 saturated carbocycles. The molecule has 0 bridgehead atoms. The van der Waals surface area contributed by atoms with E-state index in [1.807, 2.05) is 7.05 Å². The zero-order valence-corrected chi connectivity index (χ0v) is 11.5. The summed E-state index contributed by atoms with van der Waals surface area (Å²) >= 11 is 0. The third-order valence-corrected chi connectivity index (χ3v) is 3.27. The molecule has 0 spiro atoms. The van der Waals surface area contributed by atoms with E-state index in [0.29, 0.717) is 5.82 Å². The van der Waals surface area contributed by atoms with Crippen molar-refractivity contribution in [2.24, 2.45) is 7.05 Å². The van der Waals surface area contributed by atoms with Gasteiger partial charge in [0, 0.05) is 36.5 Å². The highest BCUT2D eigenvalue weighted by atomic mass is 16.3. The summed E-state index contributed by atoms with van der Waals surface area (Å²) in [5, 5.41) is 27.8. The van der Waals surface area contributed by atoms with Crippen LogP contribution in [0.25, 0.3) is 22.2 Å². The van der Waals surface area contributed by atoms with Gasteiger partial charge in [0.25, 0.3) is 0 Å². The van der Waals surface area contributed by atoms with Crippen LogP contribution in [-0.4, -0.2) is 47.5 Å². The number of aliphatic hydroxyl groups is 2. The summed E-state index contributed by atoms with van der Waals surface area (Å²) in [5.41, 5.74) is 8.16. The minimum atomic E-state index is -0.834. The second-order valence-electron chi connectivity index (χ2n) is 4.89. The van der Waals surface area contributed by atoms with E-state index in [-0.39, 0.29) is 13.2 Å². The summed E-state index contributed by atoms with van der Waals surface area (Å²) in [6.45, 7) is -0.0721. The lowest BCUT2D eigenvalue weighted by molar-refractivity contribution is 0.0783. The first kappa shape index (κ1) is 13.5. The number of pyridine rings is 1. The minimum absolute atomic E-state index is 0.229. The first-order valence-electron chi connectivity index (χ1n) is 6.48. The highest BCUT2D eigenvalue weighted by molar-refractivity contribution is 5.93. The van der Waals surface area contributed by atoms with Crippen LogP contribution >= 0.6 is 0 Å². The molecular weight excluding hydrogens is 272 g/mol. The van der Waals surface area contributed by atoms with Gasteiger partial charge in [-0.2, -0.15) is 10.2 Å². The van der Waals surface area contributed by atoms with Crippen molar-refractivity contribution in [3.63, 3.8) is 0 Å². The van der Waals surface area contributed by atoms with Gasteiger partial charge in [-0.1, -0.05) is 0 Å². The Morgan fingerprint density at radius 2 is 2.19 bits per heavy atom. The summed E-state index contributed by atoms with van der Waals surface area (Å²) in [6, 6.07) is 1.77. The molecule has 0 aliphatic heterocycles. The Hall–Kier alpha value is -2.45. The van der Waals surface area contributed by atoms with Crippen molar-refractivity contribution in [2.75, 3.05) is 12.3 Å². The summed E-state index contributed by atoms with van der Waals surface area (Å²) in [6.07, 6.45) is 4.30. The molecule has 21 heavy (non-hydrogen) atoms. The number of anilines is 1. The maximum Gasteiger partial charge on any atom is 0.125 e. The van der Waals surface area contributed by atoms with Crippen molar-refractivity contribution in [3.8, 4) is 11.3 Å². The zero-order chi connectivity index (χ0) is 15.0. The van der Waals surface area contributed by atoms with Crippen molar-refractivity contribution < 1.29 is 10.2 Å². The van der Waals surface area contributed by atoms with E-state index in [0.717, 1.165) is 22.2 Å². The van der Waals surface area contributed by atoms with Crippen molar-refractivity contribution in [1.82, 2.24) is 24.5 Å². The van der Waals surface area contributed by atoms with E-state index in [1.165, 1.54) is 0 Å². The number of nitrogen functional groups attached to an aromatic ring is 1. The summed E-state index contributed by atoms with van der Waals surface area (Å²) in [7, 11) is 1.84. The number of fused-ring (bicyclic) bond motifs is 1. The molecule has 8 nitrogen and oxygen atoms in total. The van der Waals surface area contributed by atoms with Gasteiger partial charge in [0.15, 0.2) is 0 Å². The first-order valence-corrected chi connectivity index (χ1v) is 6.48. The van der Waals surface area contributed by atoms with Gasteiger partial charge in [0.2, 0.25) is 0 Å². The van der Waals surface area contributed by atoms with Gasteiger partial charge in [-0.05, 0) is 0 Å². The molecule has 4 N–H and O–H groups in total. The molecule has 3 aromatic rings. The van der Waals surface area contributed by atoms with Gasteiger partial charge < -0.3 is 15.9 Å². The van der Waals surface area contributed by atoms with Crippen LogP contribution in [0.1, 0.15) is 0 Å². The van der Waals surface area contributed by atoms with Gasteiger partial charge in [-0.25, -0.2) is 4.98 Å². The predicted octanol–water partition coefficient (Wildman–Crippen LogP) is -0.233. The fraction of sp³-hybridized carbons (Fsp3) is 0.308. The van der Waals surface area contributed by atoms with E-state index in [2.05, 4.69) is 15.2 Å². The normalized spacial score (nSPS) is 12.9. The van der Waals surface area contributed by atoms with Crippen LogP contribution < -0.4 is 5.73 Å². The van der Waals surface area contributed by atoms with Crippen molar-refractivity contribution >= 4 is 16.7 Å². The highest BCUT2D eigenvalue weighted by Gasteiger charge is 2.14. The van der Waals surface area contributed by atoms with Crippen LogP contribution in [0.3, 0.4) is 0 Å². The fourth-order valence-corrected chi connectivity index (χ4v) is 2.24. The monoisotopic (exact) mass is 288 g/mol. The van der Waals surface area contributed by atoms with E-state index >= 15 is 0 Å². The van der Waals surface area contributed by atoms with Crippen LogP contribution in [-0.2, 0) is 13.6 Å². The van der Waals surface area contributed by atoms with Crippen LogP contribution in [0.4, 0.5) is 5.82 Å². The van der Waals surface area contributed by atoms with E-state index in [4.69, 9.17) is 10.8 Å². The molecule has 3 aromatic heterocycles. The Kier molecular flexibility index (Phi) is 3.32. The molecule has 0 saturated heterocycles. The van der Waals surface area contributed by atoms with Crippen LogP contribution in [0.15, 0.2) is 24.7 Å². The third-order valence-electron chi connectivity index (χ3n) is 3.27. The number of nitrogens with two attached hydrogens (primary N) is 1. The lowest BCUT2D eigenvalue weighted by Gasteiger charge is -2.05. The molecule has 3 heterocycles. The highest BCUT2D eigenvalue weighted by Crippen LogP contribution is 2.27. The molecule has 0 amide bonds. The molecular formula is C13H16N6O2. The van der Waals surface area contributed by atoms with Crippen molar-refractivity contribution in [2.45, 2.75) is 12.6 Å². The molecule has 3 rings (SSSR count). The lowest BCUT2D eigenvalue weighted by atomic mass is 10.2. The van der Waals surface area contributed by atoms with Crippen molar-refractivity contribution in [3.05, 3.63) is 24.7 Å². The zero-order valence-electron chi connectivity index (χ0n) is 11.5. The number of hydrogen-bond donors (Lipinski definition) is 3. The van der Waals surface area contributed by atoms with Crippen LogP contribution in [0, 0.1) is 0 Å². The van der Waals surface area contributed by atoms with Gasteiger partial charge in [-0.3, -0.25) is 9.36 Å². The maximum absolute atomic E-state index is 9.44. The average molecular weight is 288 g/mol.